The standard InChI is InChI=1S/C11H17N3O2/c1-4-5-9-6-12-11(13-7-9)14(2)8-10(15)16-3/h6-7H,4-5,8H2,1-3H3. The van der Waals surface area contributed by atoms with Crippen molar-refractivity contribution in [2.45, 2.75) is 19.8 Å². The van der Waals surface area contributed by atoms with E-state index in [1.807, 2.05) is 0 Å². The number of ether oxygens (including phenoxy) is 1. The summed E-state index contributed by atoms with van der Waals surface area (Å²) >= 11 is 0. The van der Waals surface area contributed by atoms with Crippen LogP contribution in [-0.4, -0.2) is 36.6 Å². The van der Waals surface area contributed by atoms with Gasteiger partial charge in [-0.05, 0) is 12.0 Å². The average molecular weight is 223 g/mol. The van der Waals surface area contributed by atoms with Gasteiger partial charge in [0.1, 0.15) is 6.54 Å². The lowest BCUT2D eigenvalue weighted by Crippen LogP contribution is -2.27. The Labute approximate surface area is 95.5 Å². The number of aryl methyl sites for hydroxylation is 1. The number of methoxy groups -OCH3 is 1. The van der Waals surface area contributed by atoms with Gasteiger partial charge in [0.2, 0.25) is 5.95 Å². The molecule has 5 heteroatoms. The minimum atomic E-state index is -0.302. The molecule has 1 heterocycles. The van der Waals surface area contributed by atoms with Crippen LogP contribution in [0.3, 0.4) is 0 Å². The van der Waals surface area contributed by atoms with Crippen molar-refractivity contribution >= 4 is 11.9 Å². The van der Waals surface area contributed by atoms with E-state index in [1.54, 1.807) is 24.3 Å². The lowest BCUT2D eigenvalue weighted by atomic mass is 10.2. The van der Waals surface area contributed by atoms with Gasteiger partial charge < -0.3 is 9.64 Å². The Balaban J connectivity index is 2.62. The molecular weight excluding hydrogens is 206 g/mol. The molecule has 88 valence electrons. The van der Waals surface area contributed by atoms with Crippen LogP contribution in [0.25, 0.3) is 0 Å². The first kappa shape index (κ1) is 12.4. The zero-order valence-electron chi connectivity index (χ0n) is 9.93. The van der Waals surface area contributed by atoms with Crippen LogP contribution in [0.5, 0.6) is 0 Å². The molecule has 1 aromatic heterocycles. The summed E-state index contributed by atoms with van der Waals surface area (Å²) in [6, 6.07) is 0. The summed E-state index contributed by atoms with van der Waals surface area (Å²) in [7, 11) is 3.12. The number of aromatic nitrogens is 2. The largest absolute Gasteiger partial charge is 0.468 e. The molecule has 0 aliphatic rings. The van der Waals surface area contributed by atoms with E-state index in [4.69, 9.17) is 0 Å². The average Bonchev–Trinajstić information content (AvgIpc) is 2.30. The Morgan fingerprint density at radius 1 is 1.44 bits per heavy atom. The van der Waals surface area contributed by atoms with Crippen LogP contribution in [0.4, 0.5) is 5.95 Å². The third-order valence-electron chi connectivity index (χ3n) is 2.17. The van der Waals surface area contributed by atoms with Crippen LogP contribution in [0.15, 0.2) is 12.4 Å². The third-order valence-corrected chi connectivity index (χ3v) is 2.17. The fraction of sp³-hybridized carbons (Fsp3) is 0.545. The zero-order valence-corrected chi connectivity index (χ0v) is 9.93. The van der Waals surface area contributed by atoms with Crippen LogP contribution < -0.4 is 4.90 Å². The predicted molar refractivity (Wildman–Crippen MR) is 61.3 cm³/mol. The van der Waals surface area contributed by atoms with Crippen molar-refractivity contribution in [3.63, 3.8) is 0 Å². The van der Waals surface area contributed by atoms with Gasteiger partial charge in [0.15, 0.2) is 0 Å². The zero-order chi connectivity index (χ0) is 12.0. The summed E-state index contributed by atoms with van der Waals surface area (Å²) in [6.45, 7) is 2.26. The van der Waals surface area contributed by atoms with Crippen LogP contribution in [0, 0.1) is 0 Å². The molecule has 1 aromatic rings. The van der Waals surface area contributed by atoms with Crippen molar-refractivity contribution in [1.29, 1.82) is 0 Å². The molecule has 0 radical (unpaired) electrons. The van der Waals surface area contributed by atoms with E-state index in [1.165, 1.54) is 7.11 Å². The molecule has 0 saturated heterocycles. The second-order valence-electron chi connectivity index (χ2n) is 3.57. The summed E-state index contributed by atoms with van der Waals surface area (Å²) in [6.07, 6.45) is 5.63. The first-order chi connectivity index (χ1) is 7.67. The van der Waals surface area contributed by atoms with Gasteiger partial charge in [0.25, 0.3) is 0 Å². The smallest absolute Gasteiger partial charge is 0.325 e. The van der Waals surface area contributed by atoms with Crippen LogP contribution in [0.1, 0.15) is 18.9 Å². The molecule has 0 aromatic carbocycles. The number of carbonyl (C=O) groups excluding carboxylic acids is 1. The van der Waals surface area contributed by atoms with E-state index in [-0.39, 0.29) is 12.5 Å². The van der Waals surface area contributed by atoms with Gasteiger partial charge in [-0.1, -0.05) is 13.3 Å². The molecule has 0 saturated carbocycles. The van der Waals surface area contributed by atoms with Crippen molar-refractivity contribution in [2.75, 3.05) is 25.6 Å². The number of nitrogens with zero attached hydrogens (tertiary/aromatic N) is 3. The fourth-order valence-electron chi connectivity index (χ4n) is 1.29. The van der Waals surface area contributed by atoms with Gasteiger partial charge in [-0.15, -0.1) is 0 Å². The van der Waals surface area contributed by atoms with E-state index in [9.17, 15) is 4.79 Å². The van der Waals surface area contributed by atoms with Gasteiger partial charge in [0, 0.05) is 19.4 Å². The Morgan fingerprint density at radius 2 is 2.06 bits per heavy atom. The number of hydrogen-bond donors (Lipinski definition) is 0. The first-order valence-corrected chi connectivity index (χ1v) is 5.26. The molecule has 0 N–H and O–H groups in total. The van der Waals surface area contributed by atoms with E-state index in [0.29, 0.717) is 5.95 Å². The van der Waals surface area contributed by atoms with Gasteiger partial charge in [-0.2, -0.15) is 0 Å². The number of esters is 1. The first-order valence-electron chi connectivity index (χ1n) is 5.26. The number of likely N-dealkylation sites (N-methyl/N-ethyl adjacent to an activating group) is 1. The molecule has 16 heavy (non-hydrogen) atoms. The molecular formula is C11H17N3O2. The van der Waals surface area contributed by atoms with Gasteiger partial charge in [0.05, 0.1) is 7.11 Å². The summed E-state index contributed by atoms with van der Waals surface area (Å²) in [5, 5.41) is 0. The quantitative estimate of drug-likeness (QED) is 0.698. The van der Waals surface area contributed by atoms with Crippen molar-refractivity contribution in [1.82, 2.24) is 9.97 Å². The van der Waals surface area contributed by atoms with Gasteiger partial charge >= 0.3 is 5.97 Å². The van der Waals surface area contributed by atoms with Crippen molar-refractivity contribution in [3.05, 3.63) is 18.0 Å². The van der Waals surface area contributed by atoms with Gasteiger partial charge in [-0.25, -0.2) is 9.97 Å². The number of rotatable bonds is 5. The lowest BCUT2D eigenvalue weighted by molar-refractivity contribution is -0.138. The summed E-state index contributed by atoms with van der Waals surface area (Å²) < 4.78 is 4.57. The molecule has 5 nitrogen and oxygen atoms in total. The topological polar surface area (TPSA) is 55.3 Å². The number of carbonyl (C=O) groups is 1. The van der Waals surface area contributed by atoms with Crippen LogP contribution in [0.2, 0.25) is 0 Å². The maximum atomic E-state index is 11.0. The monoisotopic (exact) mass is 223 g/mol. The highest BCUT2D eigenvalue weighted by molar-refractivity contribution is 5.74. The van der Waals surface area contributed by atoms with Crippen LogP contribution in [-0.2, 0) is 16.0 Å². The lowest BCUT2D eigenvalue weighted by Gasteiger charge is -2.15. The molecule has 0 aliphatic carbocycles. The highest BCUT2D eigenvalue weighted by Crippen LogP contribution is 2.06. The molecule has 1 rings (SSSR count). The molecule has 0 aliphatic heterocycles. The summed E-state index contributed by atoms with van der Waals surface area (Å²) in [4.78, 5) is 21.1. The molecule has 0 amide bonds. The molecule has 0 unspecified atom stereocenters. The Morgan fingerprint density at radius 3 is 2.56 bits per heavy atom. The highest BCUT2D eigenvalue weighted by atomic mass is 16.5. The van der Waals surface area contributed by atoms with Crippen LogP contribution >= 0.6 is 0 Å². The van der Waals surface area contributed by atoms with Crippen molar-refractivity contribution < 1.29 is 9.53 Å². The second kappa shape index (κ2) is 6.05. The minimum absolute atomic E-state index is 0.156. The maximum Gasteiger partial charge on any atom is 0.325 e. The van der Waals surface area contributed by atoms with E-state index >= 15 is 0 Å². The van der Waals surface area contributed by atoms with Crippen molar-refractivity contribution in [3.8, 4) is 0 Å². The number of hydrogen-bond acceptors (Lipinski definition) is 5. The molecule has 0 spiro atoms. The third kappa shape index (κ3) is 3.49. The van der Waals surface area contributed by atoms with Gasteiger partial charge in [-0.3, -0.25) is 4.79 Å². The molecule has 0 bridgehead atoms. The molecule has 0 atom stereocenters. The fourth-order valence-corrected chi connectivity index (χ4v) is 1.29. The van der Waals surface area contributed by atoms with Crippen molar-refractivity contribution in [2.24, 2.45) is 0 Å². The molecule has 0 fully saturated rings. The summed E-state index contributed by atoms with van der Waals surface area (Å²) in [5.74, 6) is 0.231. The van der Waals surface area contributed by atoms with E-state index in [2.05, 4.69) is 21.6 Å². The second-order valence-corrected chi connectivity index (χ2v) is 3.57. The van der Waals surface area contributed by atoms with E-state index < -0.39 is 0 Å². The number of anilines is 1. The normalized spacial score (nSPS) is 9.94. The van der Waals surface area contributed by atoms with E-state index in [0.717, 1.165) is 18.4 Å². The Kier molecular flexibility index (Phi) is 4.69. The maximum absolute atomic E-state index is 11.0. The predicted octanol–water partition coefficient (Wildman–Crippen LogP) is 1.04. The Hall–Kier alpha value is -1.65. The highest BCUT2D eigenvalue weighted by Gasteiger charge is 2.09. The SMILES string of the molecule is CCCc1cnc(N(C)CC(=O)OC)nc1. The Bertz CT molecular complexity index is 338. The minimum Gasteiger partial charge on any atom is -0.468 e. The summed E-state index contributed by atoms with van der Waals surface area (Å²) in [5.41, 5.74) is 1.11.